The van der Waals surface area contributed by atoms with Crippen LogP contribution in [-0.4, -0.2) is 58.1 Å². The zero-order valence-corrected chi connectivity index (χ0v) is 26.9. The van der Waals surface area contributed by atoms with E-state index in [1.54, 1.807) is 27.8 Å². The predicted molar refractivity (Wildman–Crippen MR) is 178 cm³/mol. The molecular formula is C34H37ClFN7O2. The van der Waals surface area contributed by atoms with Gasteiger partial charge in [-0.05, 0) is 67.8 Å². The lowest BCUT2D eigenvalue weighted by Gasteiger charge is -2.41. The highest BCUT2D eigenvalue weighted by atomic mass is 35.5. The van der Waals surface area contributed by atoms with Crippen molar-refractivity contribution in [1.29, 1.82) is 0 Å². The van der Waals surface area contributed by atoms with E-state index in [2.05, 4.69) is 27.2 Å². The summed E-state index contributed by atoms with van der Waals surface area (Å²) in [4.78, 5) is 39.9. The number of aryl methyl sites for hydroxylation is 1. The molecule has 4 heterocycles. The fraction of sp³-hybridized carbons (Fsp3) is 0.353. The number of hydrogen-bond donors (Lipinski definition) is 2. The Hall–Kier alpha value is -4.28. The zero-order chi connectivity index (χ0) is 32.2. The topological polar surface area (TPSA) is 95.4 Å². The van der Waals surface area contributed by atoms with Crippen molar-refractivity contribution >= 4 is 39.9 Å². The summed E-state index contributed by atoms with van der Waals surface area (Å²) in [5.41, 5.74) is 5.62. The molecule has 45 heavy (non-hydrogen) atoms. The molecule has 11 heteroatoms. The molecule has 234 valence electrons. The summed E-state index contributed by atoms with van der Waals surface area (Å²) in [5, 5.41) is 7.70. The summed E-state index contributed by atoms with van der Waals surface area (Å²) in [6.07, 6.45) is 3.06. The molecular weight excluding hydrogens is 593 g/mol. The van der Waals surface area contributed by atoms with Crippen molar-refractivity contribution in [1.82, 2.24) is 24.8 Å². The molecule has 2 aliphatic heterocycles. The Morgan fingerprint density at radius 1 is 1.27 bits per heavy atom. The van der Waals surface area contributed by atoms with Gasteiger partial charge in [-0.15, -0.1) is 0 Å². The first-order valence-electron chi connectivity index (χ1n) is 15.2. The third kappa shape index (κ3) is 5.06. The van der Waals surface area contributed by atoms with Gasteiger partial charge in [-0.1, -0.05) is 38.1 Å². The second-order valence-corrected chi connectivity index (χ2v) is 12.5. The Morgan fingerprint density at radius 3 is 2.73 bits per heavy atom. The number of pyridine rings is 1. The minimum absolute atomic E-state index is 0.00961. The molecule has 2 aliphatic rings. The fourth-order valence-corrected chi connectivity index (χ4v) is 7.03. The van der Waals surface area contributed by atoms with Crippen LogP contribution in [0.4, 0.5) is 15.9 Å². The van der Waals surface area contributed by atoms with E-state index in [9.17, 15) is 9.59 Å². The van der Waals surface area contributed by atoms with E-state index in [-0.39, 0.29) is 23.7 Å². The van der Waals surface area contributed by atoms with E-state index in [1.807, 2.05) is 45.7 Å². The van der Waals surface area contributed by atoms with Gasteiger partial charge >= 0.3 is 5.69 Å². The molecule has 0 saturated carbocycles. The summed E-state index contributed by atoms with van der Waals surface area (Å²) in [5.74, 6) is -0.0362. The Morgan fingerprint density at radius 2 is 2.04 bits per heavy atom. The SMILES string of the molecule is C=CC(=O)N1CCN(c2nc(=O)n(-c3c(C)ccnc3C(C)C)c3c4c(c(Cl)cc23)-c2c(F)ccc(CNC)c2CN4)[C@@H](C)C1. The largest absolute Gasteiger partial charge is 0.379 e. The summed E-state index contributed by atoms with van der Waals surface area (Å²) < 4.78 is 17.4. The van der Waals surface area contributed by atoms with Gasteiger partial charge in [0.2, 0.25) is 5.91 Å². The van der Waals surface area contributed by atoms with Gasteiger partial charge in [-0.3, -0.25) is 14.3 Å². The molecule has 6 rings (SSSR count). The Labute approximate surface area is 266 Å². The number of nitrogens with one attached hydrogen (secondary N) is 2. The smallest absolute Gasteiger partial charge is 0.354 e. The van der Waals surface area contributed by atoms with Gasteiger partial charge in [-0.25, -0.2) is 9.18 Å². The molecule has 0 bridgehead atoms. The maximum Gasteiger partial charge on any atom is 0.354 e. The maximum atomic E-state index is 15.8. The fourth-order valence-electron chi connectivity index (χ4n) is 6.74. The molecule has 0 spiro atoms. The number of aromatic nitrogens is 3. The van der Waals surface area contributed by atoms with Gasteiger partial charge < -0.3 is 20.4 Å². The highest BCUT2D eigenvalue weighted by Crippen LogP contribution is 2.48. The number of carbonyl (C=O) groups is 1. The van der Waals surface area contributed by atoms with Crippen LogP contribution in [0.25, 0.3) is 27.7 Å². The minimum Gasteiger partial charge on any atom is -0.379 e. The second-order valence-electron chi connectivity index (χ2n) is 12.0. The van der Waals surface area contributed by atoms with Crippen LogP contribution in [0.1, 0.15) is 49.1 Å². The lowest BCUT2D eigenvalue weighted by molar-refractivity contribution is -0.126. The van der Waals surface area contributed by atoms with E-state index < -0.39 is 5.69 Å². The standard InChI is InChI=1S/C34H37ClFN7O2/c1-7-26(44)41-12-13-42(20(5)17-41)33-22-14-24(35)28-27-23(21(15-37-6)8-9-25(27)36)16-39-30(28)32(22)43(34(45)40-33)31-19(4)10-11-38-29(31)18(2)3/h7-11,14,18,20,37,39H,1,12-13,15-17H2,2-6H3/t20-/m0/s1. The first-order valence-corrected chi connectivity index (χ1v) is 15.6. The summed E-state index contributed by atoms with van der Waals surface area (Å²) in [6.45, 7) is 13.9. The van der Waals surface area contributed by atoms with E-state index >= 15 is 4.39 Å². The number of amides is 1. The number of hydrogen-bond acceptors (Lipinski definition) is 7. The van der Waals surface area contributed by atoms with Crippen molar-refractivity contribution in [2.75, 3.05) is 36.9 Å². The van der Waals surface area contributed by atoms with Crippen LogP contribution in [-0.2, 0) is 17.9 Å². The van der Waals surface area contributed by atoms with Gasteiger partial charge in [0.15, 0.2) is 0 Å². The van der Waals surface area contributed by atoms with Crippen LogP contribution in [0.2, 0.25) is 5.02 Å². The number of anilines is 2. The molecule has 4 aromatic rings. The summed E-state index contributed by atoms with van der Waals surface area (Å²) in [7, 11) is 1.85. The molecule has 9 nitrogen and oxygen atoms in total. The third-order valence-corrected chi connectivity index (χ3v) is 9.14. The summed E-state index contributed by atoms with van der Waals surface area (Å²) in [6, 6.07) is 6.78. The van der Waals surface area contributed by atoms with E-state index in [4.69, 9.17) is 11.6 Å². The number of nitrogens with zero attached hydrogens (tertiary/aromatic N) is 5. The number of benzene rings is 2. The van der Waals surface area contributed by atoms with E-state index in [0.717, 1.165) is 22.4 Å². The average Bonchev–Trinajstić information content (AvgIpc) is 3.02. The Bertz CT molecular complexity index is 1920. The summed E-state index contributed by atoms with van der Waals surface area (Å²) >= 11 is 7.10. The first-order chi connectivity index (χ1) is 21.6. The highest BCUT2D eigenvalue weighted by molar-refractivity contribution is 6.36. The van der Waals surface area contributed by atoms with Crippen LogP contribution in [0.15, 0.2) is 47.9 Å². The monoisotopic (exact) mass is 629 g/mol. The number of piperazine rings is 1. The minimum atomic E-state index is -0.478. The van der Waals surface area contributed by atoms with Crippen molar-refractivity contribution in [3.8, 4) is 16.8 Å². The van der Waals surface area contributed by atoms with Gasteiger partial charge in [0.25, 0.3) is 0 Å². The second kappa shape index (κ2) is 11.9. The molecule has 1 fully saturated rings. The quantitative estimate of drug-likeness (QED) is 0.271. The lowest BCUT2D eigenvalue weighted by Crippen LogP contribution is -2.54. The molecule has 1 amide bonds. The number of halogens is 2. The average molecular weight is 630 g/mol. The van der Waals surface area contributed by atoms with Gasteiger partial charge in [0, 0.05) is 61.5 Å². The van der Waals surface area contributed by atoms with Crippen LogP contribution in [0, 0.1) is 12.7 Å². The van der Waals surface area contributed by atoms with Gasteiger partial charge in [-0.2, -0.15) is 4.98 Å². The van der Waals surface area contributed by atoms with Gasteiger partial charge in [0.05, 0.1) is 27.6 Å². The first kappa shape index (κ1) is 30.7. The molecule has 0 aliphatic carbocycles. The molecule has 1 saturated heterocycles. The molecule has 2 N–H and O–H groups in total. The lowest BCUT2D eigenvalue weighted by atomic mass is 9.89. The Balaban J connectivity index is 1.70. The van der Waals surface area contributed by atoms with Crippen molar-refractivity contribution in [2.24, 2.45) is 0 Å². The van der Waals surface area contributed by atoms with Crippen molar-refractivity contribution in [2.45, 2.75) is 52.7 Å². The molecule has 2 aromatic heterocycles. The third-order valence-electron chi connectivity index (χ3n) is 8.84. The van der Waals surface area contributed by atoms with Crippen LogP contribution >= 0.6 is 11.6 Å². The van der Waals surface area contributed by atoms with Crippen LogP contribution < -0.4 is 21.2 Å². The van der Waals surface area contributed by atoms with Crippen molar-refractivity contribution in [3.63, 3.8) is 0 Å². The maximum absolute atomic E-state index is 15.8. The Kier molecular flexibility index (Phi) is 8.13. The zero-order valence-electron chi connectivity index (χ0n) is 26.2. The molecule has 1 atom stereocenters. The van der Waals surface area contributed by atoms with E-state index in [0.29, 0.717) is 77.0 Å². The van der Waals surface area contributed by atoms with Crippen molar-refractivity contribution < 1.29 is 9.18 Å². The normalized spacial score (nSPS) is 16.0. The van der Waals surface area contributed by atoms with Crippen molar-refractivity contribution in [3.05, 3.63) is 86.8 Å². The van der Waals surface area contributed by atoms with Crippen LogP contribution in [0.3, 0.4) is 0 Å². The van der Waals surface area contributed by atoms with Gasteiger partial charge in [0.1, 0.15) is 11.6 Å². The predicted octanol–water partition coefficient (Wildman–Crippen LogP) is 5.54. The van der Waals surface area contributed by atoms with E-state index in [1.165, 1.54) is 12.1 Å². The number of rotatable bonds is 6. The molecule has 0 radical (unpaired) electrons. The number of fused-ring (bicyclic) bond motifs is 5. The molecule has 2 aromatic carbocycles. The molecule has 0 unspecified atom stereocenters. The highest BCUT2D eigenvalue weighted by Gasteiger charge is 2.33. The van der Waals surface area contributed by atoms with Crippen LogP contribution in [0.5, 0.6) is 0 Å². The number of carbonyl (C=O) groups excluding carboxylic acids is 1.